The van der Waals surface area contributed by atoms with E-state index < -0.39 is 131 Å². The van der Waals surface area contributed by atoms with Crippen molar-refractivity contribution in [2.24, 2.45) is 11.3 Å². The monoisotopic (exact) mass is 831 g/mol. The van der Waals surface area contributed by atoms with E-state index >= 15 is 0 Å². The van der Waals surface area contributed by atoms with Gasteiger partial charge in [-0.3, -0.25) is 24.2 Å². The van der Waals surface area contributed by atoms with Crippen molar-refractivity contribution in [2.45, 2.75) is 120 Å². The molecule has 4 heterocycles. The zero-order valence-corrected chi connectivity index (χ0v) is 33.3. The Morgan fingerprint density at radius 1 is 0.881 bits per heavy atom. The Morgan fingerprint density at radius 3 is 2.10 bits per heavy atom. The minimum atomic E-state index is -2.94. The fourth-order valence-electron chi connectivity index (χ4n) is 9.39. The van der Waals surface area contributed by atoms with Crippen LogP contribution in [0.3, 0.4) is 0 Å². The van der Waals surface area contributed by atoms with Gasteiger partial charge in [0.15, 0.2) is 23.4 Å². The number of ether oxygens (including phenoxy) is 8. The van der Waals surface area contributed by atoms with Gasteiger partial charge in [0.2, 0.25) is 0 Å². The van der Waals surface area contributed by atoms with E-state index in [9.17, 15) is 48.9 Å². The zero-order valence-electron chi connectivity index (χ0n) is 33.3. The minimum absolute atomic E-state index is 0.0606. The number of carbonyl (C=O) groups is 7. The molecule has 20 heteroatoms. The Balaban J connectivity index is 1.76. The van der Waals surface area contributed by atoms with E-state index in [1.54, 1.807) is 0 Å². The lowest BCUT2D eigenvalue weighted by molar-refractivity contribution is -0.387. The number of rotatable bonds is 7. The number of hydrogen-bond acceptors (Lipinski definition) is 20. The van der Waals surface area contributed by atoms with Gasteiger partial charge in [0, 0.05) is 46.0 Å². The third kappa shape index (κ3) is 6.61. The van der Waals surface area contributed by atoms with Gasteiger partial charge in [-0.1, -0.05) is 6.92 Å². The fourth-order valence-corrected chi connectivity index (χ4v) is 9.39. The second-order valence-corrected chi connectivity index (χ2v) is 15.8. The molecule has 0 aromatic carbocycles. The van der Waals surface area contributed by atoms with Crippen LogP contribution >= 0.6 is 0 Å². The molecule has 4 bridgehead atoms. The molecule has 2 aliphatic heterocycles. The SMILES string of the molecule is CC(=O)OC[C@]12[C@H](OC(C)=O)[C@H](OC(=O)c3ccoc3)[C@@H]3[C@H](OC(C)=O)[C@@]14O[C@]3(C)COC(=O)c1cnccc1[C@@H](C)[C@@](C)(O)C(=O)O[C@@H]([C@H](O)[C@@H]2OC(C)=O)[C@@]4(C)O. The third-order valence-electron chi connectivity index (χ3n) is 12.0. The quantitative estimate of drug-likeness (QED) is 0.252. The number of pyridine rings is 1. The van der Waals surface area contributed by atoms with Gasteiger partial charge in [0.05, 0.1) is 23.3 Å². The highest BCUT2D eigenvalue weighted by molar-refractivity contribution is 5.92. The van der Waals surface area contributed by atoms with Crippen LogP contribution in [0.5, 0.6) is 0 Å². The van der Waals surface area contributed by atoms with E-state index in [1.807, 2.05) is 0 Å². The van der Waals surface area contributed by atoms with E-state index in [0.717, 1.165) is 60.3 Å². The summed E-state index contributed by atoms with van der Waals surface area (Å²) in [5, 5.41) is 37.5. The lowest BCUT2D eigenvalue weighted by atomic mass is 9.45. The van der Waals surface area contributed by atoms with Gasteiger partial charge >= 0.3 is 41.8 Å². The number of esters is 7. The molecule has 0 radical (unpaired) electrons. The van der Waals surface area contributed by atoms with Crippen molar-refractivity contribution < 1.29 is 91.2 Å². The molecule has 1 spiro atoms. The Kier molecular flexibility index (Phi) is 11.0. The molecule has 0 amide bonds. The van der Waals surface area contributed by atoms with Gasteiger partial charge in [-0.2, -0.15) is 0 Å². The minimum Gasteiger partial charge on any atom is -0.472 e. The lowest BCUT2D eigenvalue weighted by Crippen LogP contribution is -2.89. The number of cyclic esters (lactones) is 1. The largest absolute Gasteiger partial charge is 0.472 e. The zero-order chi connectivity index (χ0) is 43.6. The van der Waals surface area contributed by atoms with E-state index in [2.05, 4.69) is 4.98 Å². The highest BCUT2D eigenvalue weighted by atomic mass is 16.7. The van der Waals surface area contributed by atoms with E-state index in [4.69, 9.17) is 42.3 Å². The predicted molar refractivity (Wildman–Crippen MR) is 189 cm³/mol. The normalized spacial score (nSPS) is 38.7. The van der Waals surface area contributed by atoms with Crippen LogP contribution in [0.15, 0.2) is 41.5 Å². The molecular formula is C39H45NO19. The molecule has 2 aromatic rings. The van der Waals surface area contributed by atoms with E-state index in [-0.39, 0.29) is 16.7 Å². The maximum Gasteiger partial charge on any atom is 0.341 e. The van der Waals surface area contributed by atoms with Gasteiger partial charge in [-0.25, -0.2) is 14.4 Å². The fraction of sp³-hybridized carbons (Fsp3) is 0.590. The number of nitrogens with zero attached hydrogens (tertiary/aromatic N) is 1. The topological polar surface area (TPSA) is 280 Å². The molecule has 13 atom stereocenters. The highest BCUT2D eigenvalue weighted by Crippen LogP contribution is 2.70. The highest BCUT2D eigenvalue weighted by Gasteiger charge is 2.91. The second-order valence-electron chi connectivity index (χ2n) is 15.8. The van der Waals surface area contributed by atoms with Crippen LogP contribution in [0.2, 0.25) is 0 Å². The average molecular weight is 832 g/mol. The van der Waals surface area contributed by atoms with Crippen LogP contribution in [0.1, 0.15) is 87.6 Å². The van der Waals surface area contributed by atoms with Gasteiger partial charge in [-0.15, -0.1) is 0 Å². The molecule has 3 fully saturated rings. The van der Waals surface area contributed by atoms with Crippen molar-refractivity contribution >= 4 is 41.8 Å². The number of aliphatic hydroxyl groups is 3. The number of aromatic nitrogens is 1. The van der Waals surface area contributed by atoms with Gasteiger partial charge < -0.3 is 57.6 Å². The van der Waals surface area contributed by atoms with Crippen molar-refractivity contribution in [2.75, 3.05) is 13.2 Å². The van der Waals surface area contributed by atoms with Crippen molar-refractivity contribution in [1.82, 2.24) is 4.98 Å². The summed E-state index contributed by atoms with van der Waals surface area (Å²) in [6, 6.07) is 2.58. The molecule has 59 heavy (non-hydrogen) atoms. The number of hydrogen-bond donors (Lipinski definition) is 3. The first-order valence-corrected chi connectivity index (χ1v) is 18.5. The third-order valence-corrected chi connectivity index (χ3v) is 12.0. The summed E-state index contributed by atoms with van der Waals surface area (Å²) in [6.45, 7) is 6.66. The summed E-state index contributed by atoms with van der Waals surface area (Å²) < 4.78 is 53.2. The summed E-state index contributed by atoms with van der Waals surface area (Å²) in [5.74, 6) is -10.9. The van der Waals surface area contributed by atoms with Crippen molar-refractivity contribution in [3.63, 3.8) is 0 Å². The first-order valence-electron chi connectivity index (χ1n) is 18.5. The Labute approximate surface area is 336 Å². The molecule has 2 saturated carbocycles. The Morgan fingerprint density at radius 2 is 1.51 bits per heavy atom. The molecule has 2 aliphatic carbocycles. The summed E-state index contributed by atoms with van der Waals surface area (Å²) in [7, 11) is 0. The maximum absolute atomic E-state index is 14.3. The second kappa shape index (κ2) is 15.0. The molecule has 3 N–H and O–H groups in total. The van der Waals surface area contributed by atoms with Crippen LogP contribution in [0.25, 0.3) is 0 Å². The smallest absolute Gasteiger partial charge is 0.341 e. The molecule has 4 aliphatic rings. The molecule has 6 rings (SSSR count). The lowest BCUT2D eigenvalue weighted by Gasteiger charge is -2.67. The molecular weight excluding hydrogens is 786 g/mol. The number of carbonyl (C=O) groups excluding carboxylic acids is 7. The van der Waals surface area contributed by atoms with Crippen LogP contribution < -0.4 is 0 Å². The molecule has 1 saturated heterocycles. The molecule has 20 nitrogen and oxygen atoms in total. The summed E-state index contributed by atoms with van der Waals surface area (Å²) in [6.07, 6.45) is -8.35. The van der Waals surface area contributed by atoms with Crippen molar-refractivity contribution in [3.05, 3.63) is 53.7 Å². The maximum atomic E-state index is 14.3. The Bertz CT molecular complexity index is 2050. The van der Waals surface area contributed by atoms with E-state index in [0.29, 0.717) is 0 Å². The number of furan rings is 1. The van der Waals surface area contributed by atoms with Crippen LogP contribution in [0, 0.1) is 11.3 Å². The number of aliphatic hydroxyl groups excluding tert-OH is 1. The molecule has 0 unspecified atom stereocenters. The first kappa shape index (κ1) is 43.1. The molecule has 2 aromatic heterocycles. The molecule has 320 valence electrons. The van der Waals surface area contributed by atoms with Crippen molar-refractivity contribution in [3.8, 4) is 0 Å². The van der Waals surface area contributed by atoms with E-state index in [1.165, 1.54) is 32.2 Å². The van der Waals surface area contributed by atoms with Crippen molar-refractivity contribution in [1.29, 1.82) is 0 Å². The van der Waals surface area contributed by atoms with Crippen LogP contribution in [-0.4, -0.2) is 134 Å². The number of fused-ring (bicyclic) bond motifs is 5. The van der Waals surface area contributed by atoms with Gasteiger partial charge in [0.1, 0.15) is 60.5 Å². The summed E-state index contributed by atoms with van der Waals surface area (Å²) in [4.78, 5) is 98.8. The first-order chi connectivity index (χ1) is 27.5. The predicted octanol–water partition coefficient (Wildman–Crippen LogP) is 0.465. The summed E-state index contributed by atoms with van der Waals surface area (Å²) in [5.41, 5.74) is -13.5. The van der Waals surface area contributed by atoms with Crippen LogP contribution in [-0.2, 0) is 61.9 Å². The Hall–Kier alpha value is -5.44. The van der Waals surface area contributed by atoms with Crippen LogP contribution in [0.4, 0.5) is 0 Å². The summed E-state index contributed by atoms with van der Waals surface area (Å²) >= 11 is 0. The van der Waals surface area contributed by atoms with Gasteiger partial charge in [-0.05, 0) is 38.5 Å². The average Bonchev–Trinajstić information content (AvgIpc) is 3.76. The van der Waals surface area contributed by atoms with Gasteiger partial charge in [0.25, 0.3) is 0 Å². The standard InChI is InChI=1S/C39H45NO19/c1-17-23-9-11-40-13-24(23)33(47)53-15-35(6)25-27(57-32(46)22-10-12-51-14-22)31(56-21(5)44)38(16-52-18(2)41)30(55-20(4)43)26(45)29(58-34(48)36(17,7)49)37(8,50)39(38,59-35)28(25)54-19(3)42/h9-14,17,25-31,45,49-50H,15-16H2,1-8H3/t17-,25-,26+,27-,28+,29+,30+,31-,35-,36-,37-,38+,39+/m1/s1.